The first-order valence-corrected chi connectivity index (χ1v) is 9.63. The fourth-order valence-corrected chi connectivity index (χ4v) is 3.60. The van der Waals surface area contributed by atoms with E-state index >= 15 is 0 Å². The van der Waals surface area contributed by atoms with Gasteiger partial charge in [-0.05, 0) is 27.1 Å². The summed E-state index contributed by atoms with van der Waals surface area (Å²) in [6, 6.07) is 16.4. The molecule has 0 saturated carbocycles. The zero-order valence-electron chi connectivity index (χ0n) is 15.6. The molecule has 2 aromatic carbocycles. The summed E-state index contributed by atoms with van der Waals surface area (Å²) in [7, 11) is 0. The zero-order valence-corrected chi connectivity index (χ0v) is 16.4. The van der Waals surface area contributed by atoms with Gasteiger partial charge < -0.3 is 0 Å². The molecule has 3 heterocycles. The number of aromatic nitrogens is 8. The Hall–Kier alpha value is -3.52. The van der Waals surface area contributed by atoms with Crippen molar-refractivity contribution in [3.63, 3.8) is 0 Å². The van der Waals surface area contributed by atoms with Gasteiger partial charge in [0, 0.05) is 18.2 Å². The molecule has 0 radical (unpaired) electrons. The van der Waals surface area contributed by atoms with Crippen molar-refractivity contribution >= 4 is 17.2 Å². The van der Waals surface area contributed by atoms with Crippen molar-refractivity contribution in [1.29, 1.82) is 0 Å². The molecular formula is C20H17ClN8. The van der Waals surface area contributed by atoms with E-state index < -0.39 is 0 Å². The standard InChI is InChI=1S/C20H17ClN8/c1-2-18-22-20-17(21)12-28(29(20)25-18)11-13-7-9-14(10-8-13)15-5-3-4-6-16(15)19-23-26-27-24-19/h3-10,12H,2,11H2,1H3,(H,23,24,26,27). The second-order valence-corrected chi connectivity index (χ2v) is 7.07. The van der Waals surface area contributed by atoms with Gasteiger partial charge in [0.05, 0.1) is 6.54 Å². The Morgan fingerprint density at radius 3 is 2.55 bits per heavy atom. The lowest BCUT2D eigenvalue weighted by Gasteiger charge is -2.09. The molecule has 29 heavy (non-hydrogen) atoms. The Kier molecular flexibility index (Phi) is 4.33. The number of aromatic amines is 1. The number of H-pyrrole nitrogens is 1. The van der Waals surface area contributed by atoms with Crippen LogP contribution in [0.15, 0.2) is 54.7 Å². The predicted molar refractivity (Wildman–Crippen MR) is 110 cm³/mol. The van der Waals surface area contributed by atoms with Crippen LogP contribution in [0.5, 0.6) is 0 Å². The van der Waals surface area contributed by atoms with Crippen molar-refractivity contribution in [3.05, 3.63) is 71.1 Å². The highest BCUT2D eigenvalue weighted by molar-refractivity contribution is 6.33. The molecule has 5 rings (SSSR count). The lowest BCUT2D eigenvalue weighted by Crippen LogP contribution is -2.07. The van der Waals surface area contributed by atoms with Crippen LogP contribution in [0.2, 0.25) is 5.02 Å². The van der Waals surface area contributed by atoms with E-state index in [-0.39, 0.29) is 0 Å². The average molecular weight is 405 g/mol. The summed E-state index contributed by atoms with van der Waals surface area (Å²) in [5.41, 5.74) is 4.93. The lowest BCUT2D eigenvalue weighted by molar-refractivity contribution is 0.580. The summed E-state index contributed by atoms with van der Waals surface area (Å²) in [6.45, 7) is 2.67. The van der Waals surface area contributed by atoms with Crippen LogP contribution in [-0.2, 0) is 13.0 Å². The smallest absolute Gasteiger partial charge is 0.194 e. The SMILES string of the molecule is CCc1nc2c(Cl)cn(Cc3ccc(-c4ccccc4-c4nnn[nH]4)cc3)n2n1. The molecule has 3 aromatic heterocycles. The summed E-state index contributed by atoms with van der Waals surface area (Å²) in [5, 5.41) is 19.3. The van der Waals surface area contributed by atoms with Gasteiger partial charge in [-0.1, -0.05) is 67.1 Å². The minimum absolute atomic E-state index is 0.600. The number of hydrogen-bond donors (Lipinski definition) is 1. The van der Waals surface area contributed by atoms with Gasteiger partial charge >= 0.3 is 0 Å². The third-order valence-electron chi connectivity index (χ3n) is 4.81. The van der Waals surface area contributed by atoms with E-state index in [0.29, 0.717) is 23.0 Å². The largest absolute Gasteiger partial charge is 0.265 e. The number of aryl methyl sites for hydroxylation is 1. The minimum Gasteiger partial charge on any atom is -0.265 e. The number of nitrogens with zero attached hydrogens (tertiary/aromatic N) is 7. The highest BCUT2D eigenvalue weighted by atomic mass is 35.5. The fourth-order valence-electron chi connectivity index (χ4n) is 3.37. The van der Waals surface area contributed by atoms with Crippen molar-refractivity contribution in [1.82, 2.24) is 40.0 Å². The van der Waals surface area contributed by atoms with Crippen LogP contribution < -0.4 is 0 Å². The van der Waals surface area contributed by atoms with Gasteiger partial charge in [-0.25, -0.2) is 10.1 Å². The Morgan fingerprint density at radius 2 is 1.83 bits per heavy atom. The molecule has 0 fully saturated rings. The van der Waals surface area contributed by atoms with Crippen LogP contribution in [0.25, 0.3) is 28.2 Å². The van der Waals surface area contributed by atoms with Gasteiger partial charge in [-0.3, -0.25) is 4.68 Å². The molecule has 5 aromatic rings. The maximum absolute atomic E-state index is 6.32. The van der Waals surface area contributed by atoms with E-state index in [1.165, 1.54) is 0 Å². The molecule has 0 spiro atoms. The van der Waals surface area contributed by atoms with Gasteiger partial charge in [-0.2, -0.15) is 0 Å². The molecule has 0 atom stereocenters. The second kappa shape index (κ2) is 7.14. The van der Waals surface area contributed by atoms with Gasteiger partial charge in [0.1, 0.15) is 5.02 Å². The first-order chi connectivity index (χ1) is 14.2. The molecule has 1 N–H and O–H groups in total. The molecule has 0 saturated heterocycles. The summed E-state index contributed by atoms with van der Waals surface area (Å²) >= 11 is 6.32. The Labute approximate surface area is 171 Å². The van der Waals surface area contributed by atoms with Crippen molar-refractivity contribution in [2.24, 2.45) is 0 Å². The predicted octanol–water partition coefficient (Wildman–Crippen LogP) is 3.64. The van der Waals surface area contributed by atoms with Crippen LogP contribution in [-0.4, -0.2) is 40.0 Å². The molecule has 0 unspecified atom stereocenters. The number of hydrogen-bond acceptors (Lipinski definition) is 5. The average Bonchev–Trinajstić information content (AvgIpc) is 3.48. The van der Waals surface area contributed by atoms with E-state index in [1.807, 2.05) is 36.0 Å². The molecule has 0 aliphatic heterocycles. The number of tetrazole rings is 1. The molecule has 8 nitrogen and oxygen atoms in total. The summed E-state index contributed by atoms with van der Waals surface area (Å²) in [5.74, 6) is 1.43. The lowest BCUT2D eigenvalue weighted by atomic mass is 9.98. The van der Waals surface area contributed by atoms with Crippen LogP contribution in [0.3, 0.4) is 0 Å². The highest BCUT2D eigenvalue weighted by Crippen LogP contribution is 2.30. The number of halogens is 1. The molecule has 144 valence electrons. The quantitative estimate of drug-likeness (QED) is 0.483. The van der Waals surface area contributed by atoms with Crippen molar-refractivity contribution < 1.29 is 0 Å². The van der Waals surface area contributed by atoms with Crippen LogP contribution in [0.4, 0.5) is 0 Å². The fraction of sp³-hybridized carbons (Fsp3) is 0.150. The molecule has 0 bridgehead atoms. The molecular weight excluding hydrogens is 388 g/mol. The number of nitrogens with one attached hydrogen (secondary N) is 1. The number of rotatable bonds is 5. The maximum Gasteiger partial charge on any atom is 0.194 e. The second-order valence-electron chi connectivity index (χ2n) is 6.66. The highest BCUT2D eigenvalue weighted by Gasteiger charge is 2.13. The van der Waals surface area contributed by atoms with Gasteiger partial charge in [0.2, 0.25) is 0 Å². The maximum atomic E-state index is 6.32. The topological polar surface area (TPSA) is 89.6 Å². The van der Waals surface area contributed by atoms with Crippen molar-refractivity contribution in [3.8, 4) is 22.5 Å². The van der Waals surface area contributed by atoms with Gasteiger partial charge in [0.15, 0.2) is 17.3 Å². The van der Waals surface area contributed by atoms with E-state index in [0.717, 1.165) is 34.5 Å². The van der Waals surface area contributed by atoms with Gasteiger partial charge in [0.25, 0.3) is 0 Å². The first-order valence-electron chi connectivity index (χ1n) is 9.26. The Morgan fingerprint density at radius 1 is 1.03 bits per heavy atom. The summed E-state index contributed by atoms with van der Waals surface area (Å²) in [6.07, 6.45) is 2.63. The third-order valence-corrected chi connectivity index (χ3v) is 5.07. The Balaban J connectivity index is 1.46. The third kappa shape index (κ3) is 3.17. The van der Waals surface area contributed by atoms with E-state index in [9.17, 15) is 0 Å². The number of fused-ring (bicyclic) bond motifs is 1. The van der Waals surface area contributed by atoms with Crippen molar-refractivity contribution in [2.45, 2.75) is 19.9 Å². The first kappa shape index (κ1) is 17.6. The van der Waals surface area contributed by atoms with Crippen LogP contribution in [0.1, 0.15) is 18.3 Å². The molecule has 0 aliphatic rings. The molecule has 9 heteroatoms. The monoisotopic (exact) mass is 404 g/mol. The zero-order chi connectivity index (χ0) is 19.8. The minimum atomic E-state index is 0.600. The summed E-state index contributed by atoms with van der Waals surface area (Å²) in [4.78, 5) is 4.46. The van der Waals surface area contributed by atoms with Crippen molar-refractivity contribution in [2.75, 3.05) is 0 Å². The summed E-state index contributed by atoms with van der Waals surface area (Å²) < 4.78 is 3.73. The normalized spacial score (nSPS) is 11.4. The molecule has 0 amide bonds. The van der Waals surface area contributed by atoms with Crippen LogP contribution in [0, 0.1) is 0 Å². The van der Waals surface area contributed by atoms with Gasteiger partial charge in [-0.15, -0.1) is 14.8 Å². The number of benzene rings is 2. The van der Waals surface area contributed by atoms with E-state index in [2.05, 4.69) is 61.0 Å². The van der Waals surface area contributed by atoms with E-state index in [4.69, 9.17) is 11.6 Å². The van der Waals surface area contributed by atoms with Crippen LogP contribution >= 0.6 is 11.6 Å². The Bertz CT molecular complexity index is 1270. The molecule has 0 aliphatic carbocycles. The van der Waals surface area contributed by atoms with E-state index in [1.54, 1.807) is 4.63 Å².